The molecule has 0 amide bonds. The van der Waals surface area contributed by atoms with Gasteiger partial charge in [0.05, 0.1) is 0 Å². The smallest absolute Gasteiger partial charge is 0.163 e. The van der Waals surface area contributed by atoms with Crippen LogP contribution in [0.4, 0.5) is 0 Å². The predicted molar refractivity (Wildman–Crippen MR) is 145 cm³/mol. The van der Waals surface area contributed by atoms with Crippen LogP contribution < -0.4 is 0 Å². The SMILES string of the molecule is CCCCCCCCc1ccc(C(=O)CCC(=O)c2ccc(CCCCCCCC)cc2)cc1. The molecule has 0 radical (unpaired) electrons. The molecule has 0 atom stereocenters. The molecule has 0 aromatic heterocycles. The van der Waals surface area contributed by atoms with Gasteiger partial charge in [0.1, 0.15) is 0 Å². The summed E-state index contributed by atoms with van der Waals surface area (Å²) in [6.45, 7) is 4.49. The Morgan fingerprint density at radius 2 is 0.794 bits per heavy atom. The summed E-state index contributed by atoms with van der Waals surface area (Å²) in [7, 11) is 0. The second kappa shape index (κ2) is 17.2. The fraction of sp³-hybridized carbons (Fsp3) is 0.562. The lowest BCUT2D eigenvalue weighted by atomic mass is 9.98. The minimum Gasteiger partial charge on any atom is -0.294 e. The van der Waals surface area contributed by atoms with Gasteiger partial charge in [0.25, 0.3) is 0 Å². The summed E-state index contributed by atoms with van der Waals surface area (Å²) in [6, 6.07) is 16.0. The van der Waals surface area contributed by atoms with Crippen molar-refractivity contribution in [3.63, 3.8) is 0 Å². The Labute approximate surface area is 208 Å². The molecule has 0 aliphatic carbocycles. The zero-order valence-electron chi connectivity index (χ0n) is 21.7. The third-order valence-corrected chi connectivity index (χ3v) is 6.77. The maximum Gasteiger partial charge on any atom is 0.163 e. The molecule has 2 rings (SSSR count). The number of aryl methyl sites for hydroxylation is 2. The summed E-state index contributed by atoms with van der Waals surface area (Å²) in [5, 5.41) is 0. The molecular formula is C32H46O2. The molecule has 0 spiro atoms. The zero-order valence-corrected chi connectivity index (χ0v) is 21.7. The van der Waals surface area contributed by atoms with Crippen LogP contribution in [0.15, 0.2) is 48.5 Å². The van der Waals surface area contributed by atoms with Crippen molar-refractivity contribution < 1.29 is 9.59 Å². The highest BCUT2D eigenvalue weighted by atomic mass is 16.1. The first-order chi connectivity index (χ1) is 16.6. The first kappa shape index (κ1) is 28.0. The average Bonchev–Trinajstić information content (AvgIpc) is 2.87. The molecule has 0 saturated carbocycles. The fourth-order valence-electron chi connectivity index (χ4n) is 4.45. The lowest BCUT2D eigenvalue weighted by Gasteiger charge is -2.06. The molecule has 0 heterocycles. The van der Waals surface area contributed by atoms with Crippen molar-refractivity contribution in [2.75, 3.05) is 0 Å². The van der Waals surface area contributed by atoms with Crippen LogP contribution in [0.3, 0.4) is 0 Å². The Kier molecular flexibility index (Phi) is 14.2. The maximum atomic E-state index is 12.6. The second-order valence-electron chi connectivity index (χ2n) is 9.78. The molecule has 0 unspecified atom stereocenters. The van der Waals surface area contributed by atoms with Crippen molar-refractivity contribution >= 4 is 11.6 Å². The molecule has 0 N–H and O–H groups in total. The van der Waals surface area contributed by atoms with Crippen molar-refractivity contribution in [3.05, 3.63) is 70.8 Å². The lowest BCUT2D eigenvalue weighted by Crippen LogP contribution is -2.05. The van der Waals surface area contributed by atoms with Crippen LogP contribution >= 0.6 is 0 Å². The molecule has 0 saturated heterocycles. The van der Waals surface area contributed by atoms with Crippen LogP contribution in [0.5, 0.6) is 0 Å². The van der Waals surface area contributed by atoms with E-state index in [4.69, 9.17) is 0 Å². The van der Waals surface area contributed by atoms with Gasteiger partial charge in [-0.3, -0.25) is 9.59 Å². The minimum atomic E-state index is 0.0548. The monoisotopic (exact) mass is 462 g/mol. The molecule has 0 aliphatic heterocycles. The number of rotatable bonds is 19. The van der Waals surface area contributed by atoms with E-state index in [1.54, 1.807) is 0 Å². The third-order valence-electron chi connectivity index (χ3n) is 6.77. The Morgan fingerprint density at radius 3 is 1.15 bits per heavy atom. The molecule has 2 heteroatoms. The van der Waals surface area contributed by atoms with Gasteiger partial charge in [-0.15, -0.1) is 0 Å². The van der Waals surface area contributed by atoms with Crippen LogP contribution in [-0.2, 0) is 12.8 Å². The van der Waals surface area contributed by atoms with Crippen molar-refractivity contribution in [3.8, 4) is 0 Å². The molecular weight excluding hydrogens is 416 g/mol. The van der Waals surface area contributed by atoms with Gasteiger partial charge in [-0.2, -0.15) is 0 Å². The highest BCUT2D eigenvalue weighted by Gasteiger charge is 2.11. The zero-order chi connectivity index (χ0) is 24.4. The fourth-order valence-corrected chi connectivity index (χ4v) is 4.45. The van der Waals surface area contributed by atoms with E-state index in [2.05, 4.69) is 38.1 Å². The van der Waals surface area contributed by atoms with Crippen LogP contribution in [0.1, 0.15) is 136 Å². The summed E-state index contributed by atoms with van der Waals surface area (Å²) >= 11 is 0. The topological polar surface area (TPSA) is 34.1 Å². The Bertz CT molecular complexity index is 746. The largest absolute Gasteiger partial charge is 0.294 e. The Hall–Kier alpha value is -2.22. The molecule has 0 aliphatic rings. The number of carbonyl (C=O) groups excluding carboxylic acids is 2. The van der Waals surface area contributed by atoms with Gasteiger partial charge >= 0.3 is 0 Å². The average molecular weight is 463 g/mol. The highest BCUT2D eigenvalue weighted by Crippen LogP contribution is 2.15. The number of hydrogen-bond donors (Lipinski definition) is 0. The van der Waals surface area contributed by atoms with E-state index >= 15 is 0 Å². The van der Waals surface area contributed by atoms with Crippen molar-refractivity contribution in [1.29, 1.82) is 0 Å². The standard InChI is InChI=1S/C32H46O2/c1-3-5-7-9-11-13-15-27-17-21-29(22-18-27)31(33)25-26-32(34)30-23-19-28(20-24-30)16-14-12-10-8-6-4-2/h17-24H,3-16,25-26H2,1-2H3. The first-order valence-corrected chi connectivity index (χ1v) is 13.9. The normalized spacial score (nSPS) is 11.0. The number of unbranched alkanes of at least 4 members (excludes halogenated alkanes) is 10. The van der Waals surface area contributed by atoms with E-state index in [-0.39, 0.29) is 24.4 Å². The van der Waals surface area contributed by atoms with Crippen molar-refractivity contribution in [2.45, 2.75) is 117 Å². The number of Topliss-reactive ketones (excluding diaryl/α,β-unsaturated/α-hetero) is 2. The third kappa shape index (κ3) is 11.3. The van der Waals surface area contributed by atoms with Gasteiger partial charge in [0.15, 0.2) is 11.6 Å². The summed E-state index contributed by atoms with van der Waals surface area (Å²) in [4.78, 5) is 25.1. The predicted octanol–water partition coefficient (Wildman–Crippen LogP) is 9.34. The van der Waals surface area contributed by atoms with E-state index < -0.39 is 0 Å². The van der Waals surface area contributed by atoms with Gasteiger partial charge in [0.2, 0.25) is 0 Å². The minimum absolute atomic E-state index is 0.0548. The van der Waals surface area contributed by atoms with Gasteiger partial charge < -0.3 is 0 Å². The number of benzene rings is 2. The van der Waals surface area contributed by atoms with Gasteiger partial charge in [-0.05, 0) is 36.8 Å². The van der Waals surface area contributed by atoms with Crippen LogP contribution in [0.2, 0.25) is 0 Å². The molecule has 2 aromatic carbocycles. The summed E-state index contributed by atoms with van der Waals surface area (Å²) in [5.74, 6) is 0.110. The first-order valence-electron chi connectivity index (χ1n) is 13.9. The van der Waals surface area contributed by atoms with E-state index in [0.29, 0.717) is 11.1 Å². The van der Waals surface area contributed by atoms with Crippen LogP contribution in [0.25, 0.3) is 0 Å². The summed E-state index contributed by atoms with van der Waals surface area (Å²) in [5.41, 5.74) is 4.02. The summed E-state index contributed by atoms with van der Waals surface area (Å²) < 4.78 is 0. The van der Waals surface area contributed by atoms with E-state index in [0.717, 1.165) is 12.8 Å². The van der Waals surface area contributed by atoms with E-state index in [1.807, 2.05) is 24.3 Å². The molecule has 186 valence electrons. The lowest BCUT2D eigenvalue weighted by molar-refractivity contribution is 0.0917. The molecule has 2 aromatic rings. The maximum absolute atomic E-state index is 12.6. The van der Waals surface area contributed by atoms with Crippen molar-refractivity contribution in [1.82, 2.24) is 0 Å². The van der Waals surface area contributed by atoms with Crippen molar-refractivity contribution in [2.24, 2.45) is 0 Å². The number of ketones is 2. The van der Waals surface area contributed by atoms with Gasteiger partial charge in [-0.25, -0.2) is 0 Å². The Morgan fingerprint density at radius 1 is 0.471 bits per heavy atom. The molecule has 0 bridgehead atoms. The number of carbonyl (C=O) groups is 2. The molecule has 2 nitrogen and oxygen atoms in total. The second-order valence-corrected chi connectivity index (χ2v) is 9.78. The van der Waals surface area contributed by atoms with E-state index in [9.17, 15) is 9.59 Å². The van der Waals surface area contributed by atoms with Gasteiger partial charge in [0, 0.05) is 24.0 Å². The van der Waals surface area contributed by atoms with E-state index in [1.165, 1.54) is 88.2 Å². The molecule has 0 fully saturated rings. The molecule has 34 heavy (non-hydrogen) atoms. The highest BCUT2D eigenvalue weighted by molar-refractivity contribution is 6.02. The quantitative estimate of drug-likeness (QED) is 0.154. The Balaban J connectivity index is 1.68. The van der Waals surface area contributed by atoms with Gasteiger partial charge in [-0.1, -0.05) is 127 Å². The summed E-state index contributed by atoms with van der Waals surface area (Å²) in [6.07, 6.45) is 18.2. The van der Waals surface area contributed by atoms with Crippen LogP contribution in [0, 0.1) is 0 Å². The van der Waals surface area contributed by atoms with Crippen LogP contribution in [-0.4, -0.2) is 11.6 Å². The number of hydrogen-bond acceptors (Lipinski definition) is 2.